The van der Waals surface area contributed by atoms with Gasteiger partial charge < -0.3 is 4.74 Å². The van der Waals surface area contributed by atoms with Crippen LogP contribution < -0.4 is 4.74 Å². The highest BCUT2D eigenvalue weighted by atomic mass is 16.5. The molecule has 0 aliphatic rings. The number of Topliss-reactive ketones (excluding diaryl/α,β-unsaturated/α-hetero) is 1. The Morgan fingerprint density at radius 2 is 2.29 bits per heavy atom. The van der Waals surface area contributed by atoms with Gasteiger partial charge in [-0.3, -0.25) is 4.79 Å². The van der Waals surface area contributed by atoms with Gasteiger partial charge in [-0.15, -0.1) is 6.58 Å². The predicted octanol–water partition coefficient (Wildman–Crippen LogP) is 2.76. The highest BCUT2D eigenvalue weighted by molar-refractivity contribution is 5.98. The number of aryl methyl sites for hydroxylation is 1. The van der Waals surface area contributed by atoms with Crippen molar-refractivity contribution in [1.29, 1.82) is 0 Å². The van der Waals surface area contributed by atoms with Crippen LogP contribution in [0.5, 0.6) is 5.75 Å². The first-order valence-corrected chi connectivity index (χ1v) is 4.47. The quantitative estimate of drug-likeness (QED) is 0.539. The molecule has 14 heavy (non-hydrogen) atoms. The summed E-state index contributed by atoms with van der Waals surface area (Å²) in [6.07, 6.45) is 2.00. The minimum Gasteiger partial charge on any atom is -0.497 e. The summed E-state index contributed by atoms with van der Waals surface area (Å²) in [6, 6.07) is 5.44. The molecule has 0 atom stereocenters. The first kappa shape index (κ1) is 10.5. The first-order valence-electron chi connectivity index (χ1n) is 4.47. The average Bonchev–Trinajstić information content (AvgIpc) is 2.17. The van der Waals surface area contributed by atoms with Gasteiger partial charge in [0.2, 0.25) is 0 Å². The van der Waals surface area contributed by atoms with Gasteiger partial charge in [-0.1, -0.05) is 6.08 Å². The minimum absolute atomic E-state index is 0.0974. The van der Waals surface area contributed by atoms with Crippen molar-refractivity contribution in [1.82, 2.24) is 0 Å². The molecule has 0 radical (unpaired) electrons. The van der Waals surface area contributed by atoms with E-state index in [2.05, 4.69) is 6.58 Å². The molecule has 0 aliphatic heterocycles. The summed E-state index contributed by atoms with van der Waals surface area (Å²) in [5, 5.41) is 0. The zero-order valence-electron chi connectivity index (χ0n) is 8.54. The van der Waals surface area contributed by atoms with Crippen LogP contribution >= 0.6 is 0 Å². The maximum atomic E-state index is 11.6. The predicted molar refractivity (Wildman–Crippen MR) is 56.9 cm³/mol. The van der Waals surface area contributed by atoms with E-state index >= 15 is 0 Å². The number of hydrogen-bond acceptors (Lipinski definition) is 2. The average molecular weight is 190 g/mol. The second kappa shape index (κ2) is 4.61. The summed E-state index contributed by atoms with van der Waals surface area (Å²) >= 11 is 0. The van der Waals surface area contributed by atoms with E-state index in [-0.39, 0.29) is 5.78 Å². The summed E-state index contributed by atoms with van der Waals surface area (Å²) in [5.74, 6) is 0.873. The van der Waals surface area contributed by atoms with E-state index in [9.17, 15) is 4.79 Å². The van der Waals surface area contributed by atoms with Crippen LogP contribution in [0.1, 0.15) is 22.3 Å². The lowest BCUT2D eigenvalue weighted by Crippen LogP contribution is -2.00. The number of rotatable bonds is 4. The molecular weight excluding hydrogens is 176 g/mol. The van der Waals surface area contributed by atoms with E-state index in [1.807, 2.05) is 13.0 Å². The van der Waals surface area contributed by atoms with Gasteiger partial charge in [0.15, 0.2) is 5.78 Å². The van der Waals surface area contributed by atoms with Gasteiger partial charge in [-0.2, -0.15) is 0 Å². The first-order chi connectivity index (χ1) is 6.69. The lowest BCUT2D eigenvalue weighted by Gasteiger charge is -2.05. The Balaban J connectivity index is 2.99. The van der Waals surface area contributed by atoms with Gasteiger partial charge in [-0.05, 0) is 30.7 Å². The van der Waals surface area contributed by atoms with Crippen molar-refractivity contribution >= 4 is 5.78 Å². The minimum atomic E-state index is 0.0974. The Hall–Kier alpha value is -1.57. The molecule has 0 N–H and O–H groups in total. The van der Waals surface area contributed by atoms with Crippen molar-refractivity contribution in [2.24, 2.45) is 0 Å². The molecule has 1 aromatic carbocycles. The molecule has 0 saturated carbocycles. The van der Waals surface area contributed by atoms with Crippen molar-refractivity contribution in [2.45, 2.75) is 13.3 Å². The van der Waals surface area contributed by atoms with Crippen molar-refractivity contribution in [2.75, 3.05) is 7.11 Å². The molecule has 0 saturated heterocycles. The summed E-state index contributed by atoms with van der Waals surface area (Å²) in [4.78, 5) is 11.6. The molecule has 0 aliphatic carbocycles. The fourth-order valence-corrected chi connectivity index (χ4v) is 1.32. The fraction of sp³-hybridized carbons (Fsp3) is 0.250. The third-order valence-electron chi connectivity index (χ3n) is 2.06. The smallest absolute Gasteiger partial charge is 0.166 e. The van der Waals surface area contributed by atoms with E-state index in [0.29, 0.717) is 6.42 Å². The molecule has 0 spiro atoms. The van der Waals surface area contributed by atoms with Crippen LogP contribution in [0.2, 0.25) is 0 Å². The number of hydrogen-bond donors (Lipinski definition) is 0. The van der Waals surface area contributed by atoms with Crippen LogP contribution in [0.25, 0.3) is 0 Å². The Bertz CT molecular complexity index is 353. The third-order valence-corrected chi connectivity index (χ3v) is 2.06. The third kappa shape index (κ3) is 2.22. The summed E-state index contributed by atoms with van der Waals surface area (Å²) < 4.78 is 5.06. The largest absolute Gasteiger partial charge is 0.497 e. The molecule has 0 aromatic heterocycles. The van der Waals surface area contributed by atoms with Crippen LogP contribution in [0.4, 0.5) is 0 Å². The van der Waals surface area contributed by atoms with Gasteiger partial charge in [0.1, 0.15) is 5.75 Å². The van der Waals surface area contributed by atoms with Crippen molar-refractivity contribution in [3.8, 4) is 5.75 Å². The standard InChI is InChI=1S/C12H14O2/c1-4-5-12(13)11-7-6-10(14-3)8-9(11)2/h4,6-8H,1,5H2,2-3H3. The molecule has 0 bridgehead atoms. The second-order valence-electron chi connectivity index (χ2n) is 3.10. The summed E-state index contributed by atoms with van der Waals surface area (Å²) in [5.41, 5.74) is 1.68. The molecule has 2 heteroatoms. The molecular formula is C12H14O2. The van der Waals surface area contributed by atoms with Gasteiger partial charge in [-0.25, -0.2) is 0 Å². The molecule has 1 rings (SSSR count). The monoisotopic (exact) mass is 190 g/mol. The topological polar surface area (TPSA) is 26.3 Å². The van der Waals surface area contributed by atoms with Gasteiger partial charge in [0.05, 0.1) is 7.11 Å². The number of ketones is 1. The van der Waals surface area contributed by atoms with Crippen LogP contribution in [-0.4, -0.2) is 12.9 Å². The van der Waals surface area contributed by atoms with Crippen molar-refractivity contribution < 1.29 is 9.53 Å². The van der Waals surface area contributed by atoms with Crippen LogP contribution in [0, 0.1) is 6.92 Å². The molecule has 0 unspecified atom stereocenters. The number of carbonyl (C=O) groups is 1. The number of methoxy groups -OCH3 is 1. The Morgan fingerprint density at radius 3 is 2.79 bits per heavy atom. The molecule has 1 aromatic rings. The number of ether oxygens (including phenoxy) is 1. The van der Waals surface area contributed by atoms with E-state index in [1.54, 1.807) is 25.3 Å². The van der Waals surface area contributed by atoms with Crippen LogP contribution in [0.3, 0.4) is 0 Å². The Morgan fingerprint density at radius 1 is 1.57 bits per heavy atom. The summed E-state index contributed by atoms with van der Waals surface area (Å²) in [7, 11) is 1.61. The maximum Gasteiger partial charge on any atom is 0.166 e. The number of benzene rings is 1. The second-order valence-corrected chi connectivity index (χ2v) is 3.10. The van der Waals surface area contributed by atoms with Crippen molar-refractivity contribution in [3.05, 3.63) is 42.0 Å². The maximum absolute atomic E-state index is 11.6. The lowest BCUT2D eigenvalue weighted by atomic mass is 10.0. The van der Waals surface area contributed by atoms with E-state index in [0.717, 1.165) is 16.9 Å². The molecule has 74 valence electrons. The fourth-order valence-electron chi connectivity index (χ4n) is 1.32. The van der Waals surface area contributed by atoms with Crippen LogP contribution in [0.15, 0.2) is 30.9 Å². The highest BCUT2D eigenvalue weighted by Crippen LogP contribution is 2.18. The molecule has 0 fully saturated rings. The Kier molecular flexibility index (Phi) is 3.46. The van der Waals surface area contributed by atoms with Gasteiger partial charge >= 0.3 is 0 Å². The highest BCUT2D eigenvalue weighted by Gasteiger charge is 2.07. The summed E-state index contributed by atoms with van der Waals surface area (Å²) in [6.45, 7) is 5.45. The van der Waals surface area contributed by atoms with E-state index < -0.39 is 0 Å². The van der Waals surface area contributed by atoms with Gasteiger partial charge in [0, 0.05) is 12.0 Å². The molecule has 2 nitrogen and oxygen atoms in total. The Labute approximate surface area is 84.2 Å². The van der Waals surface area contributed by atoms with Crippen molar-refractivity contribution in [3.63, 3.8) is 0 Å². The number of allylic oxidation sites excluding steroid dienone is 1. The molecule has 0 amide bonds. The SMILES string of the molecule is C=CCC(=O)c1ccc(OC)cc1C. The lowest BCUT2D eigenvalue weighted by molar-refractivity contribution is 0.0995. The molecule has 0 heterocycles. The van der Waals surface area contributed by atoms with E-state index in [1.165, 1.54) is 0 Å². The zero-order chi connectivity index (χ0) is 10.6. The normalized spacial score (nSPS) is 9.57. The van der Waals surface area contributed by atoms with Crippen LogP contribution in [-0.2, 0) is 0 Å². The zero-order valence-corrected chi connectivity index (χ0v) is 8.54. The van der Waals surface area contributed by atoms with E-state index in [4.69, 9.17) is 4.74 Å². The van der Waals surface area contributed by atoms with Gasteiger partial charge in [0.25, 0.3) is 0 Å². The number of carbonyl (C=O) groups excluding carboxylic acids is 1.